The van der Waals surface area contributed by atoms with E-state index in [-0.39, 0.29) is 5.92 Å². The number of nitrogens with zero attached hydrogens (tertiary/aromatic N) is 1. The zero-order valence-corrected chi connectivity index (χ0v) is 14.5. The summed E-state index contributed by atoms with van der Waals surface area (Å²) < 4.78 is 0. The highest BCUT2D eigenvalue weighted by atomic mass is 16.4. The molecule has 1 atom stereocenters. The maximum Gasteiger partial charge on any atom is 0.310 e. The van der Waals surface area contributed by atoms with E-state index in [0.717, 1.165) is 25.2 Å². The molecule has 1 aliphatic rings. The van der Waals surface area contributed by atoms with Crippen molar-refractivity contribution in [1.82, 2.24) is 4.90 Å². The van der Waals surface area contributed by atoms with Crippen molar-refractivity contribution in [3.8, 4) is 0 Å². The maximum atomic E-state index is 12.2. The highest BCUT2D eigenvalue weighted by Gasteiger charge is 2.47. The van der Waals surface area contributed by atoms with Gasteiger partial charge in [0.1, 0.15) is 0 Å². The fraction of sp³-hybridized carbons (Fsp3) is 0.381. The quantitative estimate of drug-likeness (QED) is 0.849. The molecule has 0 bridgehead atoms. The molecule has 1 saturated heterocycles. The number of aliphatic carboxylic acids is 1. The first kappa shape index (κ1) is 17.6. The third-order valence-corrected chi connectivity index (χ3v) is 5.53. The number of carboxylic acid groups (broad SMARTS) is 1. The minimum Gasteiger partial charge on any atom is -0.481 e. The van der Waals surface area contributed by atoms with Crippen LogP contribution in [0.2, 0.25) is 0 Å². The van der Waals surface area contributed by atoms with Gasteiger partial charge in [0.05, 0.1) is 5.41 Å². The number of likely N-dealkylation sites (tertiary alicyclic amines) is 1. The van der Waals surface area contributed by atoms with Crippen molar-refractivity contribution in [3.63, 3.8) is 0 Å². The predicted molar refractivity (Wildman–Crippen MR) is 99.3 cm³/mol. The van der Waals surface area contributed by atoms with Crippen LogP contribution < -0.4 is 5.73 Å². The van der Waals surface area contributed by atoms with Gasteiger partial charge in [-0.25, -0.2) is 0 Å². The van der Waals surface area contributed by atoms with Crippen LogP contribution in [0.5, 0.6) is 0 Å². The summed E-state index contributed by atoms with van der Waals surface area (Å²) in [5, 5.41) is 10.1. The van der Waals surface area contributed by atoms with Crippen molar-refractivity contribution in [2.45, 2.75) is 25.3 Å². The van der Waals surface area contributed by atoms with Crippen molar-refractivity contribution < 1.29 is 9.90 Å². The average molecular weight is 338 g/mol. The molecule has 0 saturated carbocycles. The monoisotopic (exact) mass is 338 g/mol. The Bertz CT molecular complexity index is 680. The minimum absolute atomic E-state index is 0.148. The summed E-state index contributed by atoms with van der Waals surface area (Å²) in [6.07, 6.45) is 1.26. The predicted octanol–water partition coefficient (Wildman–Crippen LogP) is 3.10. The topological polar surface area (TPSA) is 66.6 Å². The maximum absolute atomic E-state index is 12.2. The lowest BCUT2D eigenvalue weighted by Gasteiger charge is -2.43. The van der Waals surface area contributed by atoms with Gasteiger partial charge in [-0.2, -0.15) is 0 Å². The number of carboxylic acids is 1. The Labute approximate surface area is 149 Å². The molecule has 4 nitrogen and oxygen atoms in total. The lowest BCUT2D eigenvalue weighted by atomic mass is 9.66. The Morgan fingerprint density at radius 3 is 2.12 bits per heavy atom. The van der Waals surface area contributed by atoms with Gasteiger partial charge in [-0.1, -0.05) is 60.7 Å². The third-order valence-electron chi connectivity index (χ3n) is 5.53. The molecule has 0 amide bonds. The van der Waals surface area contributed by atoms with Gasteiger partial charge in [0.15, 0.2) is 0 Å². The van der Waals surface area contributed by atoms with Crippen LogP contribution in [0.15, 0.2) is 60.7 Å². The highest BCUT2D eigenvalue weighted by Crippen LogP contribution is 2.44. The van der Waals surface area contributed by atoms with Crippen molar-refractivity contribution in [1.29, 1.82) is 0 Å². The number of hydrogen-bond donors (Lipinski definition) is 2. The van der Waals surface area contributed by atoms with E-state index < -0.39 is 11.4 Å². The van der Waals surface area contributed by atoms with Crippen molar-refractivity contribution in [2.24, 2.45) is 11.1 Å². The van der Waals surface area contributed by atoms with Crippen LogP contribution in [0.1, 0.15) is 29.9 Å². The summed E-state index contributed by atoms with van der Waals surface area (Å²) in [4.78, 5) is 14.6. The summed E-state index contributed by atoms with van der Waals surface area (Å²) >= 11 is 0. The zero-order valence-electron chi connectivity index (χ0n) is 14.5. The van der Waals surface area contributed by atoms with Crippen LogP contribution in [-0.2, 0) is 11.3 Å². The summed E-state index contributed by atoms with van der Waals surface area (Å²) in [7, 11) is 0. The van der Waals surface area contributed by atoms with E-state index in [2.05, 4.69) is 17.0 Å². The van der Waals surface area contributed by atoms with Crippen LogP contribution in [-0.4, -0.2) is 35.6 Å². The standard InChI is InChI=1S/C21H26N2O2/c22-15-19(18-9-5-2-6-10-18)21(20(24)25)11-13-23(14-12-21)16-17-7-3-1-4-8-17/h1-10,19H,11-16,22H2,(H,24,25). The lowest BCUT2D eigenvalue weighted by molar-refractivity contribution is -0.154. The van der Waals surface area contributed by atoms with Gasteiger partial charge in [0.25, 0.3) is 0 Å². The van der Waals surface area contributed by atoms with Gasteiger partial charge in [-0.05, 0) is 37.1 Å². The largest absolute Gasteiger partial charge is 0.481 e. The van der Waals surface area contributed by atoms with Gasteiger partial charge in [-0.15, -0.1) is 0 Å². The number of piperidine rings is 1. The second-order valence-electron chi connectivity index (χ2n) is 6.92. The summed E-state index contributed by atoms with van der Waals surface area (Å²) in [6, 6.07) is 20.2. The Morgan fingerprint density at radius 1 is 1.04 bits per heavy atom. The Kier molecular flexibility index (Phi) is 5.51. The normalized spacial score (nSPS) is 18.6. The van der Waals surface area contributed by atoms with E-state index in [1.165, 1.54) is 5.56 Å². The first-order valence-electron chi connectivity index (χ1n) is 8.90. The molecule has 2 aromatic rings. The second-order valence-corrected chi connectivity index (χ2v) is 6.92. The Morgan fingerprint density at radius 2 is 1.60 bits per heavy atom. The van der Waals surface area contributed by atoms with Gasteiger partial charge < -0.3 is 10.8 Å². The molecule has 3 N–H and O–H groups in total. The molecule has 0 spiro atoms. The number of nitrogens with two attached hydrogens (primary N) is 1. The molecule has 3 rings (SSSR count). The highest BCUT2D eigenvalue weighted by molar-refractivity contribution is 5.76. The number of rotatable bonds is 6. The van der Waals surface area contributed by atoms with E-state index in [0.29, 0.717) is 19.4 Å². The van der Waals surface area contributed by atoms with E-state index in [1.54, 1.807) is 0 Å². The van der Waals surface area contributed by atoms with Gasteiger partial charge in [0.2, 0.25) is 0 Å². The molecule has 0 aliphatic carbocycles. The molecule has 1 heterocycles. The first-order valence-corrected chi connectivity index (χ1v) is 8.90. The molecule has 132 valence electrons. The van der Waals surface area contributed by atoms with Crippen molar-refractivity contribution >= 4 is 5.97 Å². The molecule has 25 heavy (non-hydrogen) atoms. The molecule has 1 fully saturated rings. The second kappa shape index (κ2) is 7.81. The molecule has 4 heteroatoms. The van der Waals surface area contributed by atoms with Crippen molar-refractivity contribution in [2.75, 3.05) is 19.6 Å². The Hall–Kier alpha value is -2.17. The molecule has 0 radical (unpaired) electrons. The SMILES string of the molecule is NCC(c1ccccc1)C1(C(=O)O)CCN(Cc2ccccc2)CC1. The molecule has 0 aromatic heterocycles. The fourth-order valence-corrected chi connectivity index (χ4v) is 4.03. The number of benzene rings is 2. The van der Waals surface area contributed by atoms with Crippen LogP contribution in [0.4, 0.5) is 0 Å². The van der Waals surface area contributed by atoms with Crippen LogP contribution in [0.3, 0.4) is 0 Å². The third kappa shape index (κ3) is 3.75. The Balaban J connectivity index is 1.75. The zero-order chi connectivity index (χ0) is 17.7. The molecule has 1 aliphatic heterocycles. The van der Waals surface area contributed by atoms with Gasteiger partial charge in [0, 0.05) is 19.0 Å². The van der Waals surface area contributed by atoms with Crippen LogP contribution in [0.25, 0.3) is 0 Å². The molecule has 1 unspecified atom stereocenters. The van der Waals surface area contributed by atoms with E-state index in [4.69, 9.17) is 5.73 Å². The van der Waals surface area contributed by atoms with E-state index in [9.17, 15) is 9.90 Å². The first-order chi connectivity index (χ1) is 12.2. The van der Waals surface area contributed by atoms with Crippen molar-refractivity contribution in [3.05, 3.63) is 71.8 Å². The molecular weight excluding hydrogens is 312 g/mol. The van der Waals surface area contributed by atoms with Crippen LogP contribution >= 0.6 is 0 Å². The summed E-state index contributed by atoms with van der Waals surface area (Å²) in [6.45, 7) is 2.79. The summed E-state index contributed by atoms with van der Waals surface area (Å²) in [5.74, 6) is -0.865. The summed E-state index contributed by atoms with van der Waals surface area (Å²) in [5.41, 5.74) is 7.56. The number of hydrogen-bond acceptors (Lipinski definition) is 3. The van der Waals surface area contributed by atoms with E-state index in [1.807, 2.05) is 48.5 Å². The lowest BCUT2D eigenvalue weighted by Crippen LogP contribution is -2.49. The fourth-order valence-electron chi connectivity index (χ4n) is 4.03. The average Bonchev–Trinajstić information content (AvgIpc) is 2.65. The van der Waals surface area contributed by atoms with Crippen LogP contribution in [0, 0.1) is 5.41 Å². The number of carbonyl (C=O) groups is 1. The minimum atomic E-state index is -0.775. The van der Waals surface area contributed by atoms with E-state index >= 15 is 0 Å². The molecular formula is C21H26N2O2. The smallest absolute Gasteiger partial charge is 0.310 e. The van der Waals surface area contributed by atoms with Gasteiger partial charge >= 0.3 is 5.97 Å². The molecule has 2 aromatic carbocycles. The van der Waals surface area contributed by atoms with Gasteiger partial charge in [-0.3, -0.25) is 9.69 Å².